The Morgan fingerprint density at radius 2 is 2.19 bits per heavy atom. The number of amides is 1. The van der Waals surface area contributed by atoms with Crippen LogP contribution in [-0.2, 0) is 4.74 Å². The summed E-state index contributed by atoms with van der Waals surface area (Å²) in [5.41, 5.74) is 5.61. The van der Waals surface area contributed by atoms with Gasteiger partial charge in [-0.2, -0.15) is 0 Å². The van der Waals surface area contributed by atoms with Gasteiger partial charge in [-0.25, -0.2) is 0 Å². The van der Waals surface area contributed by atoms with Crippen molar-refractivity contribution in [3.05, 3.63) is 17.8 Å². The molecule has 0 radical (unpaired) electrons. The molecule has 2 aliphatic rings. The average molecular weight is 290 g/mol. The molecule has 6 heteroatoms. The SMILES string of the molecule is CCO[C@H]1C[C@@H](Nc2ccc(C(N)=O)nn2)C12CCCC2. The molecule has 1 heterocycles. The molecule has 1 aromatic heterocycles. The first-order chi connectivity index (χ1) is 10.2. The Hall–Kier alpha value is -1.69. The standard InChI is InChI=1S/C15H22N4O2/c1-2-21-12-9-11(15(12)7-3-4-8-15)17-13-6-5-10(14(16)20)18-19-13/h5-6,11-12H,2-4,7-9H2,1H3,(H2,16,20)(H,17,19)/t11-,12+/m1/s1. The van der Waals surface area contributed by atoms with E-state index >= 15 is 0 Å². The van der Waals surface area contributed by atoms with E-state index in [9.17, 15) is 4.79 Å². The van der Waals surface area contributed by atoms with Gasteiger partial charge in [-0.15, -0.1) is 10.2 Å². The van der Waals surface area contributed by atoms with Crippen molar-refractivity contribution in [1.29, 1.82) is 0 Å². The zero-order valence-corrected chi connectivity index (χ0v) is 12.3. The van der Waals surface area contributed by atoms with E-state index in [1.54, 1.807) is 12.1 Å². The number of aromatic nitrogens is 2. The van der Waals surface area contributed by atoms with Gasteiger partial charge in [0.1, 0.15) is 5.82 Å². The van der Waals surface area contributed by atoms with Crippen LogP contribution in [0.1, 0.15) is 49.5 Å². The molecule has 3 N–H and O–H groups in total. The van der Waals surface area contributed by atoms with Crippen LogP contribution < -0.4 is 11.1 Å². The van der Waals surface area contributed by atoms with Gasteiger partial charge >= 0.3 is 0 Å². The second-order valence-electron chi connectivity index (χ2n) is 5.98. The van der Waals surface area contributed by atoms with Gasteiger partial charge in [0.25, 0.3) is 5.91 Å². The van der Waals surface area contributed by atoms with Crippen molar-refractivity contribution >= 4 is 11.7 Å². The van der Waals surface area contributed by atoms with Crippen LogP contribution >= 0.6 is 0 Å². The Balaban J connectivity index is 1.69. The van der Waals surface area contributed by atoms with E-state index < -0.39 is 5.91 Å². The van der Waals surface area contributed by atoms with Gasteiger partial charge in [0.05, 0.1) is 6.10 Å². The number of nitrogens with two attached hydrogens (primary N) is 1. The predicted molar refractivity (Wildman–Crippen MR) is 78.9 cm³/mol. The number of ether oxygens (including phenoxy) is 1. The summed E-state index contributed by atoms with van der Waals surface area (Å²) < 4.78 is 5.90. The Morgan fingerprint density at radius 1 is 1.43 bits per heavy atom. The highest BCUT2D eigenvalue weighted by Gasteiger charge is 2.56. The number of carbonyl (C=O) groups excluding carboxylic acids is 1. The molecule has 0 unspecified atom stereocenters. The van der Waals surface area contributed by atoms with Gasteiger partial charge in [0.15, 0.2) is 5.69 Å². The van der Waals surface area contributed by atoms with Crippen LogP contribution in [0.4, 0.5) is 5.82 Å². The molecule has 0 aromatic carbocycles. The van der Waals surface area contributed by atoms with E-state index in [2.05, 4.69) is 22.4 Å². The number of anilines is 1. The molecular weight excluding hydrogens is 268 g/mol. The van der Waals surface area contributed by atoms with E-state index in [1.807, 2.05) is 0 Å². The van der Waals surface area contributed by atoms with Crippen molar-refractivity contribution in [2.45, 2.75) is 51.2 Å². The molecule has 1 spiro atoms. The minimum absolute atomic E-state index is 0.192. The molecule has 6 nitrogen and oxygen atoms in total. The number of hydrogen-bond acceptors (Lipinski definition) is 5. The van der Waals surface area contributed by atoms with Gasteiger partial charge in [-0.05, 0) is 38.3 Å². The highest BCUT2D eigenvalue weighted by atomic mass is 16.5. The molecule has 2 fully saturated rings. The van der Waals surface area contributed by atoms with Crippen molar-refractivity contribution in [1.82, 2.24) is 10.2 Å². The number of primary amides is 1. The fourth-order valence-electron chi connectivity index (χ4n) is 3.81. The third-order valence-electron chi connectivity index (χ3n) is 4.93. The third-order valence-corrected chi connectivity index (χ3v) is 4.93. The van der Waals surface area contributed by atoms with Gasteiger partial charge in [0.2, 0.25) is 0 Å². The zero-order valence-electron chi connectivity index (χ0n) is 12.3. The van der Waals surface area contributed by atoms with Gasteiger partial charge in [-0.1, -0.05) is 12.8 Å². The summed E-state index contributed by atoms with van der Waals surface area (Å²) in [7, 11) is 0. The van der Waals surface area contributed by atoms with Crippen molar-refractivity contribution in [2.24, 2.45) is 11.1 Å². The molecule has 3 rings (SSSR count). The highest BCUT2D eigenvalue weighted by molar-refractivity contribution is 5.90. The maximum Gasteiger partial charge on any atom is 0.269 e. The predicted octanol–water partition coefficient (Wildman–Crippen LogP) is 1.73. The quantitative estimate of drug-likeness (QED) is 0.861. The molecule has 0 aliphatic heterocycles. The zero-order chi connectivity index (χ0) is 14.9. The van der Waals surface area contributed by atoms with Crippen molar-refractivity contribution in [2.75, 3.05) is 11.9 Å². The topological polar surface area (TPSA) is 90.1 Å². The van der Waals surface area contributed by atoms with Crippen molar-refractivity contribution in [3.63, 3.8) is 0 Å². The second kappa shape index (κ2) is 5.60. The smallest absolute Gasteiger partial charge is 0.269 e. The Kier molecular flexibility index (Phi) is 3.80. The second-order valence-corrected chi connectivity index (χ2v) is 5.98. The number of nitrogens with zero attached hydrogens (tertiary/aromatic N) is 2. The molecule has 0 bridgehead atoms. The molecule has 1 amide bonds. The summed E-state index contributed by atoms with van der Waals surface area (Å²) in [6.07, 6.45) is 6.33. The van der Waals surface area contributed by atoms with Gasteiger partial charge in [0, 0.05) is 18.1 Å². The summed E-state index contributed by atoms with van der Waals surface area (Å²) in [6.45, 7) is 2.82. The normalized spacial score (nSPS) is 26.5. The van der Waals surface area contributed by atoms with Crippen LogP contribution in [0, 0.1) is 5.41 Å². The molecule has 114 valence electrons. The first kappa shape index (κ1) is 14.3. The number of carbonyl (C=O) groups is 1. The van der Waals surface area contributed by atoms with Crippen molar-refractivity contribution < 1.29 is 9.53 Å². The molecule has 21 heavy (non-hydrogen) atoms. The number of hydrogen-bond donors (Lipinski definition) is 2. The largest absolute Gasteiger partial charge is 0.378 e. The fraction of sp³-hybridized carbons (Fsp3) is 0.667. The highest BCUT2D eigenvalue weighted by Crippen LogP contribution is 2.55. The Morgan fingerprint density at radius 3 is 2.76 bits per heavy atom. The van der Waals surface area contributed by atoms with Crippen LogP contribution in [0.5, 0.6) is 0 Å². The summed E-state index contributed by atoms with van der Waals surface area (Å²) in [4.78, 5) is 11.0. The lowest BCUT2D eigenvalue weighted by molar-refractivity contribution is -0.114. The minimum Gasteiger partial charge on any atom is -0.378 e. The monoisotopic (exact) mass is 290 g/mol. The number of rotatable bonds is 5. The minimum atomic E-state index is -0.554. The Bertz CT molecular complexity index is 511. The number of nitrogens with one attached hydrogen (secondary N) is 1. The summed E-state index contributed by atoms with van der Waals surface area (Å²) in [5.74, 6) is 0.146. The van der Waals surface area contributed by atoms with E-state index in [1.165, 1.54) is 25.7 Å². The van der Waals surface area contributed by atoms with Gasteiger partial charge in [-0.3, -0.25) is 4.79 Å². The van der Waals surface area contributed by atoms with Crippen LogP contribution in [-0.4, -0.2) is 34.9 Å². The first-order valence-electron chi connectivity index (χ1n) is 7.67. The molecule has 0 saturated heterocycles. The van der Waals surface area contributed by atoms with Crippen LogP contribution in [0.15, 0.2) is 12.1 Å². The van der Waals surface area contributed by atoms with Gasteiger partial charge < -0.3 is 15.8 Å². The molecule has 2 saturated carbocycles. The lowest BCUT2D eigenvalue weighted by Crippen LogP contribution is -2.60. The first-order valence-corrected chi connectivity index (χ1v) is 7.67. The van der Waals surface area contributed by atoms with Crippen molar-refractivity contribution in [3.8, 4) is 0 Å². The molecule has 2 aliphatic carbocycles. The van der Waals surface area contributed by atoms with E-state index in [0.29, 0.717) is 18.0 Å². The lowest BCUT2D eigenvalue weighted by atomic mass is 9.60. The summed E-state index contributed by atoms with van der Waals surface area (Å²) in [5, 5.41) is 11.3. The van der Waals surface area contributed by atoms with E-state index in [4.69, 9.17) is 10.5 Å². The molecule has 1 aromatic rings. The Labute approximate surface area is 124 Å². The third kappa shape index (κ3) is 2.48. The summed E-state index contributed by atoms with van der Waals surface area (Å²) >= 11 is 0. The van der Waals surface area contributed by atoms with E-state index in [-0.39, 0.29) is 11.1 Å². The lowest BCUT2D eigenvalue weighted by Gasteiger charge is -2.54. The summed E-state index contributed by atoms with van der Waals surface area (Å²) in [6, 6.07) is 3.76. The molecule has 2 atom stereocenters. The van der Waals surface area contributed by atoms with Crippen LogP contribution in [0.25, 0.3) is 0 Å². The fourth-order valence-corrected chi connectivity index (χ4v) is 3.81. The maximum atomic E-state index is 11.0. The average Bonchev–Trinajstić information content (AvgIpc) is 2.99. The maximum absolute atomic E-state index is 11.0. The van der Waals surface area contributed by atoms with E-state index in [0.717, 1.165) is 13.0 Å². The van der Waals surface area contributed by atoms with Crippen LogP contribution in [0.3, 0.4) is 0 Å². The van der Waals surface area contributed by atoms with Crippen LogP contribution in [0.2, 0.25) is 0 Å². The molecular formula is C15H22N4O2.